The number of aromatic amines is 1. The molecule has 6 nitrogen and oxygen atoms in total. The minimum Gasteiger partial charge on any atom is -0.328 e. The number of carbonyl (C=O) groups excluding carboxylic acids is 1. The van der Waals surface area contributed by atoms with Gasteiger partial charge in [-0.1, -0.05) is 0 Å². The number of carbonyl (C=O) groups is 1. The Kier molecular flexibility index (Phi) is 3.67. The number of rotatable bonds is 2. The maximum absolute atomic E-state index is 13.0. The molecule has 2 N–H and O–H groups in total. The number of H-pyrrole nitrogens is 1. The molecule has 0 aromatic carbocycles. The fourth-order valence-electron chi connectivity index (χ4n) is 3.39. The minimum atomic E-state index is 0.0549. The van der Waals surface area contributed by atoms with Crippen LogP contribution in [0.15, 0.2) is 11.6 Å². The van der Waals surface area contributed by atoms with E-state index in [4.69, 9.17) is 0 Å². The lowest BCUT2D eigenvalue weighted by Gasteiger charge is -2.34. The molecule has 0 spiro atoms. The van der Waals surface area contributed by atoms with Gasteiger partial charge in [0.15, 0.2) is 5.69 Å². The molecule has 22 heavy (non-hydrogen) atoms. The lowest BCUT2D eigenvalue weighted by atomic mass is 10.00. The third-order valence-corrected chi connectivity index (χ3v) is 5.39. The normalized spacial score (nSPS) is 21.6. The fraction of sp³-hybridized carbons (Fsp3) is 0.533. The SMILES string of the molecule is O=C(c1n[nH]c2c1CCNC2)N1CCCCC1c1nccs1. The van der Waals surface area contributed by atoms with Gasteiger partial charge in [0.1, 0.15) is 5.01 Å². The smallest absolute Gasteiger partial charge is 0.275 e. The molecule has 0 radical (unpaired) electrons. The van der Waals surface area contributed by atoms with Crippen molar-refractivity contribution in [1.29, 1.82) is 0 Å². The van der Waals surface area contributed by atoms with Gasteiger partial charge in [-0.15, -0.1) is 11.3 Å². The van der Waals surface area contributed by atoms with Gasteiger partial charge < -0.3 is 10.2 Å². The summed E-state index contributed by atoms with van der Waals surface area (Å²) < 4.78 is 0. The highest BCUT2D eigenvalue weighted by molar-refractivity contribution is 7.09. The van der Waals surface area contributed by atoms with Crippen LogP contribution in [0.3, 0.4) is 0 Å². The quantitative estimate of drug-likeness (QED) is 0.887. The summed E-state index contributed by atoms with van der Waals surface area (Å²) in [6.07, 6.45) is 5.88. The first-order valence-electron chi connectivity index (χ1n) is 7.82. The summed E-state index contributed by atoms with van der Waals surface area (Å²) in [6, 6.07) is 0.107. The van der Waals surface area contributed by atoms with E-state index in [1.165, 1.54) is 0 Å². The molecule has 1 atom stereocenters. The number of hydrogen-bond donors (Lipinski definition) is 2. The van der Waals surface area contributed by atoms with Crippen LogP contribution in [0.5, 0.6) is 0 Å². The molecule has 0 saturated carbocycles. The van der Waals surface area contributed by atoms with Crippen LogP contribution in [0, 0.1) is 0 Å². The Bertz CT molecular complexity index is 666. The van der Waals surface area contributed by atoms with Crippen LogP contribution in [0.4, 0.5) is 0 Å². The number of piperidine rings is 1. The van der Waals surface area contributed by atoms with Crippen molar-refractivity contribution in [1.82, 2.24) is 25.4 Å². The van der Waals surface area contributed by atoms with E-state index in [0.29, 0.717) is 5.69 Å². The Labute approximate surface area is 132 Å². The van der Waals surface area contributed by atoms with Crippen LogP contribution in [0.1, 0.15) is 52.1 Å². The average molecular weight is 317 g/mol. The van der Waals surface area contributed by atoms with E-state index in [1.54, 1.807) is 11.3 Å². The first-order chi connectivity index (χ1) is 10.8. The van der Waals surface area contributed by atoms with Crippen molar-refractivity contribution in [2.24, 2.45) is 0 Å². The molecule has 1 saturated heterocycles. The lowest BCUT2D eigenvalue weighted by molar-refractivity contribution is 0.0604. The molecular weight excluding hydrogens is 298 g/mol. The Morgan fingerprint density at radius 2 is 2.36 bits per heavy atom. The van der Waals surface area contributed by atoms with E-state index in [1.807, 2.05) is 16.5 Å². The summed E-state index contributed by atoms with van der Waals surface area (Å²) in [6.45, 7) is 2.47. The van der Waals surface area contributed by atoms with Crippen molar-refractivity contribution >= 4 is 17.2 Å². The highest BCUT2D eigenvalue weighted by atomic mass is 32.1. The Balaban J connectivity index is 1.64. The molecule has 2 aromatic heterocycles. The second kappa shape index (κ2) is 5.81. The number of amides is 1. The van der Waals surface area contributed by atoms with Crippen LogP contribution < -0.4 is 5.32 Å². The second-order valence-corrected chi connectivity index (χ2v) is 6.76. The predicted molar refractivity (Wildman–Crippen MR) is 83.7 cm³/mol. The highest BCUT2D eigenvalue weighted by Crippen LogP contribution is 2.33. The molecule has 1 fully saturated rings. The van der Waals surface area contributed by atoms with Gasteiger partial charge in [-0.25, -0.2) is 4.98 Å². The number of fused-ring (bicyclic) bond motifs is 1. The summed E-state index contributed by atoms with van der Waals surface area (Å²) in [5.41, 5.74) is 2.75. The van der Waals surface area contributed by atoms with Crippen LogP contribution in [-0.4, -0.2) is 39.1 Å². The summed E-state index contributed by atoms with van der Waals surface area (Å²) in [5.74, 6) is 0.0549. The van der Waals surface area contributed by atoms with Gasteiger partial charge in [-0.2, -0.15) is 5.10 Å². The third kappa shape index (κ3) is 2.34. The molecule has 2 aliphatic heterocycles. The highest BCUT2D eigenvalue weighted by Gasteiger charge is 2.33. The molecule has 1 unspecified atom stereocenters. The summed E-state index contributed by atoms with van der Waals surface area (Å²) >= 11 is 1.63. The minimum absolute atomic E-state index is 0.0549. The lowest BCUT2D eigenvalue weighted by Crippen LogP contribution is -2.39. The molecule has 4 rings (SSSR count). The van der Waals surface area contributed by atoms with Gasteiger partial charge in [-0.3, -0.25) is 9.89 Å². The summed E-state index contributed by atoms with van der Waals surface area (Å²) in [7, 11) is 0. The van der Waals surface area contributed by atoms with Crippen molar-refractivity contribution < 1.29 is 4.79 Å². The van der Waals surface area contributed by atoms with Crippen LogP contribution >= 0.6 is 11.3 Å². The first-order valence-corrected chi connectivity index (χ1v) is 8.70. The molecule has 7 heteroatoms. The van der Waals surface area contributed by atoms with Gasteiger partial charge in [0.05, 0.1) is 11.7 Å². The van der Waals surface area contributed by atoms with Crippen molar-refractivity contribution in [2.75, 3.05) is 13.1 Å². The van der Waals surface area contributed by atoms with Crippen molar-refractivity contribution in [3.63, 3.8) is 0 Å². The van der Waals surface area contributed by atoms with Crippen LogP contribution in [-0.2, 0) is 13.0 Å². The van der Waals surface area contributed by atoms with Crippen molar-refractivity contribution in [3.8, 4) is 0 Å². The number of aromatic nitrogens is 3. The topological polar surface area (TPSA) is 73.9 Å². The van der Waals surface area contributed by atoms with E-state index in [-0.39, 0.29) is 11.9 Å². The zero-order chi connectivity index (χ0) is 14.9. The van der Waals surface area contributed by atoms with E-state index in [9.17, 15) is 4.79 Å². The van der Waals surface area contributed by atoms with Crippen molar-refractivity contribution in [2.45, 2.75) is 38.3 Å². The van der Waals surface area contributed by atoms with Crippen LogP contribution in [0.25, 0.3) is 0 Å². The van der Waals surface area contributed by atoms with Crippen LogP contribution in [0.2, 0.25) is 0 Å². The zero-order valence-electron chi connectivity index (χ0n) is 12.3. The Morgan fingerprint density at radius 1 is 1.41 bits per heavy atom. The predicted octanol–water partition coefficient (Wildman–Crippen LogP) is 1.88. The number of thiazole rings is 1. The largest absolute Gasteiger partial charge is 0.328 e. The fourth-order valence-corrected chi connectivity index (χ4v) is 4.17. The van der Waals surface area contributed by atoms with Gasteiger partial charge in [0.2, 0.25) is 0 Å². The number of nitrogens with one attached hydrogen (secondary N) is 2. The first kappa shape index (κ1) is 13.9. The van der Waals surface area contributed by atoms with E-state index in [2.05, 4.69) is 20.5 Å². The Morgan fingerprint density at radius 3 is 3.23 bits per heavy atom. The third-order valence-electron chi connectivity index (χ3n) is 4.51. The molecule has 2 aromatic rings. The molecule has 116 valence electrons. The summed E-state index contributed by atoms with van der Waals surface area (Å²) in [4.78, 5) is 19.4. The summed E-state index contributed by atoms with van der Waals surface area (Å²) in [5, 5.41) is 13.7. The molecular formula is C15H19N5OS. The maximum Gasteiger partial charge on any atom is 0.275 e. The second-order valence-electron chi connectivity index (χ2n) is 5.84. The monoisotopic (exact) mass is 317 g/mol. The van der Waals surface area contributed by atoms with Gasteiger partial charge in [-0.05, 0) is 32.2 Å². The molecule has 0 bridgehead atoms. The molecule has 2 aliphatic rings. The number of nitrogens with zero attached hydrogens (tertiary/aromatic N) is 3. The van der Waals surface area contributed by atoms with E-state index < -0.39 is 0 Å². The number of likely N-dealkylation sites (tertiary alicyclic amines) is 1. The standard InChI is InChI=1S/C15H19N5OS/c21-15(13-10-4-5-16-9-11(10)18-19-13)20-7-2-1-3-12(20)14-17-6-8-22-14/h6,8,12,16H,1-5,7,9H2,(H,18,19). The number of hydrogen-bond acceptors (Lipinski definition) is 5. The van der Waals surface area contributed by atoms with Gasteiger partial charge in [0.25, 0.3) is 5.91 Å². The van der Waals surface area contributed by atoms with E-state index >= 15 is 0 Å². The van der Waals surface area contributed by atoms with Crippen molar-refractivity contribution in [3.05, 3.63) is 33.5 Å². The molecule has 1 amide bonds. The maximum atomic E-state index is 13.0. The van der Waals surface area contributed by atoms with E-state index in [0.717, 1.165) is 61.6 Å². The van der Waals surface area contributed by atoms with Gasteiger partial charge >= 0.3 is 0 Å². The average Bonchev–Trinajstić information content (AvgIpc) is 3.24. The van der Waals surface area contributed by atoms with Gasteiger partial charge in [0, 0.05) is 30.2 Å². The molecule has 0 aliphatic carbocycles. The zero-order valence-corrected chi connectivity index (χ0v) is 13.2. The Hall–Kier alpha value is -1.73. The molecule has 4 heterocycles.